The molecule has 1 aromatic heterocycles. The molecule has 20 heavy (non-hydrogen) atoms. The molecule has 2 heterocycles. The summed E-state index contributed by atoms with van der Waals surface area (Å²) in [6.07, 6.45) is 6.83. The lowest BCUT2D eigenvalue weighted by molar-refractivity contribution is 0.163. The quantitative estimate of drug-likeness (QED) is 0.788. The molecule has 1 aromatic rings. The van der Waals surface area contributed by atoms with E-state index in [2.05, 4.69) is 11.6 Å². The van der Waals surface area contributed by atoms with Crippen LogP contribution in [0.2, 0.25) is 0 Å². The highest BCUT2D eigenvalue weighted by Gasteiger charge is 2.34. The number of carbonyl (C=O) groups excluding carboxylic acids is 1. The van der Waals surface area contributed by atoms with E-state index >= 15 is 0 Å². The van der Waals surface area contributed by atoms with Crippen LogP contribution in [-0.4, -0.2) is 46.0 Å². The number of aromatic nitrogens is 2. The van der Waals surface area contributed by atoms with Gasteiger partial charge in [0.15, 0.2) is 0 Å². The van der Waals surface area contributed by atoms with E-state index in [1.165, 1.54) is 24.2 Å². The molecule has 0 saturated carbocycles. The molecule has 5 heteroatoms. The molecule has 0 bridgehead atoms. The summed E-state index contributed by atoms with van der Waals surface area (Å²) in [5.74, 6) is 1.09. The standard InChI is InChI=1S/C15H24N4O/c1-17(2)15(20)19-10-6-9-13(19)14-16-11-7-4-5-8-12(11)18(14)3/h13H,4-10H2,1-3H3/t13-/m1/s1. The van der Waals surface area contributed by atoms with Crippen molar-refractivity contribution >= 4 is 6.03 Å². The molecule has 5 nitrogen and oxygen atoms in total. The number of likely N-dealkylation sites (tertiary alicyclic amines) is 1. The molecule has 0 unspecified atom stereocenters. The highest BCUT2D eigenvalue weighted by molar-refractivity contribution is 5.74. The Morgan fingerprint density at radius 2 is 2.00 bits per heavy atom. The van der Waals surface area contributed by atoms with Crippen molar-refractivity contribution in [1.29, 1.82) is 0 Å². The molecule has 1 saturated heterocycles. The first-order valence-electron chi connectivity index (χ1n) is 7.62. The molecule has 0 spiro atoms. The zero-order chi connectivity index (χ0) is 14.3. The second-order valence-electron chi connectivity index (χ2n) is 6.16. The van der Waals surface area contributed by atoms with E-state index in [0.29, 0.717) is 0 Å². The van der Waals surface area contributed by atoms with Crippen molar-refractivity contribution in [1.82, 2.24) is 19.4 Å². The van der Waals surface area contributed by atoms with E-state index in [-0.39, 0.29) is 12.1 Å². The second-order valence-corrected chi connectivity index (χ2v) is 6.16. The maximum atomic E-state index is 12.3. The van der Waals surface area contributed by atoms with E-state index in [9.17, 15) is 4.79 Å². The number of imidazole rings is 1. The van der Waals surface area contributed by atoms with Gasteiger partial charge in [0.25, 0.3) is 0 Å². The molecule has 1 atom stereocenters. The fourth-order valence-electron chi connectivity index (χ4n) is 3.53. The minimum atomic E-state index is 0.105. The van der Waals surface area contributed by atoms with Crippen LogP contribution in [0.1, 0.15) is 48.9 Å². The Kier molecular flexibility index (Phi) is 3.44. The number of aryl methyl sites for hydroxylation is 1. The number of hydrogen-bond acceptors (Lipinski definition) is 2. The van der Waals surface area contributed by atoms with Crippen molar-refractivity contribution in [3.8, 4) is 0 Å². The average molecular weight is 276 g/mol. The summed E-state index contributed by atoms with van der Waals surface area (Å²) in [6.45, 7) is 0.846. The van der Waals surface area contributed by atoms with Crippen molar-refractivity contribution in [2.24, 2.45) is 7.05 Å². The lowest BCUT2D eigenvalue weighted by Gasteiger charge is -2.27. The molecule has 1 aliphatic carbocycles. The van der Waals surface area contributed by atoms with Crippen LogP contribution >= 0.6 is 0 Å². The summed E-state index contributed by atoms with van der Waals surface area (Å²) in [6, 6.07) is 0.258. The lowest BCUT2D eigenvalue weighted by atomic mass is 10.0. The Bertz CT molecular complexity index is 520. The Labute approximate surface area is 120 Å². The summed E-state index contributed by atoms with van der Waals surface area (Å²) in [5, 5.41) is 0. The van der Waals surface area contributed by atoms with Gasteiger partial charge in [-0.2, -0.15) is 0 Å². The third-order valence-corrected chi connectivity index (χ3v) is 4.59. The van der Waals surface area contributed by atoms with Crippen molar-refractivity contribution in [3.05, 3.63) is 17.2 Å². The number of hydrogen-bond donors (Lipinski definition) is 0. The van der Waals surface area contributed by atoms with Gasteiger partial charge in [0, 0.05) is 33.4 Å². The summed E-state index contributed by atoms with van der Waals surface area (Å²) in [4.78, 5) is 20.8. The van der Waals surface area contributed by atoms with Crippen molar-refractivity contribution in [2.45, 2.75) is 44.6 Å². The van der Waals surface area contributed by atoms with Crippen LogP contribution in [0.4, 0.5) is 4.79 Å². The minimum Gasteiger partial charge on any atom is -0.333 e. The van der Waals surface area contributed by atoms with Gasteiger partial charge >= 0.3 is 6.03 Å². The van der Waals surface area contributed by atoms with Crippen molar-refractivity contribution in [3.63, 3.8) is 0 Å². The normalized spacial score (nSPS) is 21.9. The van der Waals surface area contributed by atoms with E-state index < -0.39 is 0 Å². The molecule has 0 radical (unpaired) electrons. The topological polar surface area (TPSA) is 41.4 Å². The predicted molar refractivity (Wildman–Crippen MR) is 77.6 cm³/mol. The van der Waals surface area contributed by atoms with Crippen LogP contribution in [0, 0.1) is 0 Å². The van der Waals surface area contributed by atoms with Gasteiger partial charge in [0.1, 0.15) is 5.82 Å². The van der Waals surface area contributed by atoms with E-state index in [4.69, 9.17) is 4.98 Å². The molecule has 3 rings (SSSR count). The molecular formula is C15H24N4O. The van der Waals surface area contributed by atoms with Crippen LogP contribution < -0.4 is 0 Å². The largest absolute Gasteiger partial charge is 0.333 e. The van der Waals surface area contributed by atoms with Gasteiger partial charge in [-0.1, -0.05) is 0 Å². The lowest BCUT2D eigenvalue weighted by Crippen LogP contribution is -2.39. The van der Waals surface area contributed by atoms with Crippen molar-refractivity contribution in [2.75, 3.05) is 20.6 Å². The maximum Gasteiger partial charge on any atom is 0.320 e. The number of carbonyl (C=O) groups is 1. The summed E-state index contributed by atoms with van der Waals surface area (Å²) in [5.41, 5.74) is 2.65. The number of amides is 2. The summed E-state index contributed by atoms with van der Waals surface area (Å²) in [7, 11) is 5.76. The molecule has 0 N–H and O–H groups in total. The van der Waals surface area contributed by atoms with Gasteiger partial charge in [-0.05, 0) is 38.5 Å². The van der Waals surface area contributed by atoms with Gasteiger partial charge in [-0.25, -0.2) is 9.78 Å². The fraction of sp³-hybridized carbons (Fsp3) is 0.733. The van der Waals surface area contributed by atoms with Crippen LogP contribution in [0.25, 0.3) is 0 Å². The number of urea groups is 1. The Hall–Kier alpha value is -1.52. The zero-order valence-electron chi connectivity index (χ0n) is 12.7. The first-order valence-corrected chi connectivity index (χ1v) is 7.62. The van der Waals surface area contributed by atoms with E-state index in [1.807, 2.05) is 19.0 Å². The van der Waals surface area contributed by atoms with Gasteiger partial charge < -0.3 is 14.4 Å². The Balaban J connectivity index is 1.92. The van der Waals surface area contributed by atoms with Gasteiger partial charge in [0.2, 0.25) is 0 Å². The molecule has 2 amide bonds. The summed E-state index contributed by atoms with van der Waals surface area (Å²) < 4.78 is 2.25. The van der Waals surface area contributed by atoms with Gasteiger partial charge in [-0.15, -0.1) is 0 Å². The van der Waals surface area contributed by atoms with E-state index in [0.717, 1.165) is 38.1 Å². The highest BCUT2D eigenvalue weighted by Crippen LogP contribution is 2.34. The predicted octanol–water partition coefficient (Wildman–Crippen LogP) is 2.12. The highest BCUT2D eigenvalue weighted by atomic mass is 16.2. The van der Waals surface area contributed by atoms with E-state index in [1.54, 1.807) is 4.90 Å². The molecule has 1 aliphatic heterocycles. The Morgan fingerprint density at radius 1 is 1.25 bits per heavy atom. The third kappa shape index (κ3) is 2.09. The minimum absolute atomic E-state index is 0.105. The zero-order valence-corrected chi connectivity index (χ0v) is 12.7. The van der Waals surface area contributed by atoms with Gasteiger partial charge in [-0.3, -0.25) is 0 Å². The molecule has 110 valence electrons. The SMILES string of the molecule is CN(C)C(=O)N1CCC[C@@H]1c1nc2c(n1C)CCCC2. The van der Waals surface area contributed by atoms with Gasteiger partial charge in [0.05, 0.1) is 11.7 Å². The smallest absolute Gasteiger partial charge is 0.320 e. The number of rotatable bonds is 1. The van der Waals surface area contributed by atoms with Crippen LogP contribution in [0.3, 0.4) is 0 Å². The molecule has 1 fully saturated rings. The first kappa shape index (κ1) is 13.5. The maximum absolute atomic E-state index is 12.3. The first-order chi connectivity index (χ1) is 9.59. The summed E-state index contributed by atoms with van der Waals surface area (Å²) >= 11 is 0. The van der Waals surface area contributed by atoms with Crippen LogP contribution in [0.15, 0.2) is 0 Å². The number of fused-ring (bicyclic) bond motifs is 1. The molecule has 0 aromatic carbocycles. The Morgan fingerprint density at radius 3 is 2.70 bits per heavy atom. The molecular weight excluding hydrogens is 252 g/mol. The average Bonchev–Trinajstić information content (AvgIpc) is 3.03. The monoisotopic (exact) mass is 276 g/mol. The van der Waals surface area contributed by atoms with Crippen LogP contribution in [0.5, 0.6) is 0 Å². The molecule has 2 aliphatic rings. The van der Waals surface area contributed by atoms with Crippen LogP contribution in [-0.2, 0) is 19.9 Å². The number of nitrogens with zero attached hydrogens (tertiary/aromatic N) is 4. The third-order valence-electron chi connectivity index (χ3n) is 4.59. The van der Waals surface area contributed by atoms with Crippen molar-refractivity contribution < 1.29 is 4.79 Å². The fourth-order valence-corrected chi connectivity index (χ4v) is 3.53. The second kappa shape index (κ2) is 5.11.